The van der Waals surface area contributed by atoms with Gasteiger partial charge in [-0.1, -0.05) is 0 Å². The third-order valence-electron chi connectivity index (χ3n) is 4.60. The highest BCUT2D eigenvalue weighted by Crippen LogP contribution is 2.30. The number of nitrogens with zero attached hydrogens (tertiary/aromatic N) is 3. The Morgan fingerprint density at radius 1 is 1.08 bits per heavy atom. The van der Waals surface area contributed by atoms with Gasteiger partial charge in [0.25, 0.3) is 5.91 Å². The highest BCUT2D eigenvalue weighted by molar-refractivity contribution is 7.13. The molecule has 130 valence electrons. The van der Waals surface area contributed by atoms with Crippen molar-refractivity contribution in [3.63, 3.8) is 0 Å². The highest BCUT2D eigenvalue weighted by Gasteiger charge is 2.29. The Morgan fingerprint density at radius 3 is 2.40 bits per heavy atom. The Labute approximate surface area is 150 Å². The molecule has 7 heteroatoms. The van der Waals surface area contributed by atoms with Gasteiger partial charge in [0.15, 0.2) is 5.13 Å². The lowest BCUT2D eigenvalue weighted by atomic mass is 10.1. The van der Waals surface area contributed by atoms with Crippen molar-refractivity contribution in [3.05, 3.63) is 41.4 Å². The number of thiazole rings is 1. The molecular formula is C18H20N4O2S. The number of amides is 2. The second kappa shape index (κ2) is 6.84. The largest absolute Gasteiger partial charge is 0.345 e. The van der Waals surface area contributed by atoms with Gasteiger partial charge in [-0.05, 0) is 37.1 Å². The second-order valence-electron chi connectivity index (χ2n) is 6.43. The zero-order chi connectivity index (χ0) is 17.2. The summed E-state index contributed by atoms with van der Waals surface area (Å²) < 4.78 is 0. The van der Waals surface area contributed by atoms with E-state index >= 15 is 0 Å². The van der Waals surface area contributed by atoms with Gasteiger partial charge in [0, 0.05) is 54.9 Å². The fraction of sp³-hybridized carbons (Fsp3) is 0.389. The van der Waals surface area contributed by atoms with Gasteiger partial charge in [0.05, 0.1) is 0 Å². The van der Waals surface area contributed by atoms with Crippen molar-refractivity contribution in [2.45, 2.75) is 12.8 Å². The molecule has 1 aliphatic heterocycles. The number of benzene rings is 1. The molecule has 0 atom stereocenters. The van der Waals surface area contributed by atoms with Gasteiger partial charge < -0.3 is 15.1 Å². The summed E-state index contributed by atoms with van der Waals surface area (Å²) in [6.07, 6.45) is 3.77. The number of piperazine rings is 1. The van der Waals surface area contributed by atoms with Gasteiger partial charge in [-0.25, -0.2) is 4.98 Å². The Kier molecular flexibility index (Phi) is 4.40. The maximum atomic E-state index is 12.7. The van der Waals surface area contributed by atoms with E-state index in [-0.39, 0.29) is 17.7 Å². The minimum Gasteiger partial charge on any atom is -0.345 e. The van der Waals surface area contributed by atoms with Crippen LogP contribution in [0, 0.1) is 5.92 Å². The predicted octanol–water partition coefficient (Wildman–Crippen LogP) is 2.45. The number of aromatic nitrogens is 1. The first-order valence-corrected chi connectivity index (χ1v) is 9.43. The van der Waals surface area contributed by atoms with Gasteiger partial charge in [-0.15, -0.1) is 11.3 Å². The average Bonchev–Trinajstić information content (AvgIpc) is 3.37. The van der Waals surface area contributed by atoms with Crippen LogP contribution >= 0.6 is 11.3 Å². The molecule has 1 saturated carbocycles. The highest BCUT2D eigenvalue weighted by atomic mass is 32.1. The standard InChI is InChI=1S/C18H20N4O2S/c23-16(13-1-2-13)20-15-5-3-14(4-6-15)17(24)21-8-10-22(11-9-21)18-19-7-12-25-18/h3-7,12-13H,1-2,8-11H2,(H,20,23). The third kappa shape index (κ3) is 3.66. The Bertz CT molecular complexity index is 748. The van der Waals surface area contributed by atoms with Crippen LogP contribution in [-0.4, -0.2) is 47.9 Å². The maximum Gasteiger partial charge on any atom is 0.253 e. The number of nitrogens with one attached hydrogen (secondary N) is 1. The van der Waals surface area contributed by atoms with Crippen molar-refractivity contribution in [1.82, 2.24) is 9.88 Å². The molecule has 25 heavy (non-hydrogen) atoms. The summed E-state index contributed by atoms with van der Waals surface area (Å²) in [5, 5.41) is 5.88. The fourth-order valence-corrected chi connectivity index (χ4v) is 3.64. The SMILES string of the molecule is O=C(Nc1ccc(C(=O)N2CCN(c3nccs3)CC2)cc1)C1CC1. The third-order valence-corrected chi connectivity index (χ3v) is 5.44. The zero-order valence-corrected chi connectivity index (χ0v) is 14.7. The summed E-state index contributed by atoms with van der Waals surface area (Å²) in [5.74, 6) is 0.298. The molecule has 0 bridgehead atoms. The lowest BCUT2D eigenvalue weighted by Crippen LogP contribution is -2.48. The molecule has 4 rings (SSSR count). The molecule has 0 radical (unpaired) electrons. The summed E-state index contributed by atoms with van der Waals surface area (Å²) in [4.78, 5) is 32.8. The predicted molar refractivity (Wildman–Crippen MR) is 98.0 cm³/mol. The van der Waals surface area contributed by atoms with Crippen molar-refractivity contribution < 1.29 is 9.59 Å². The van der Waals surface area contributed by atoms with Gasteiger partial charge in [0.2, 0.25) is 5.91 Å². The summed E-state index contributed by atoms with van der Waals surface area (Å²) in [6, 6.07) is 7.19. The normalized spacial score (nSPS) is 17.4. The van der Waals surface area contributed by atoms with Crippen LogP contribution in [0.4, 0.5) is 10.8 Å². The molecular weight excluding hydrogens is 336 g/mol. The number of carbonyl (C=O) groups excluding carboxylic acids is 2. The van der Waals surface area contributed by atoms with Crippen LogP contribution in [0.3, 0.4) is 0 Å². The molecule has 0 spiro atoms. The van der Waals surface area contributed by atoms with Crippen molar-refractivity contribution in [2.24, 2.45) is 5.92 Å². The second-order valence-corrected chi connectivity index (χ2v) is 7.31. The first-order chi connectivity index (χ1) is 12.2. The van der Waals surface area contributed by atoms with E-state index in [9.17, 15) is 9.59 Å². The van der Waals surface area contributed by atoms with Crippen molar-refractivity contribution in [3.8, 4) is 0 Å². The summed E-state index contributed by atoms with van der Waals surface area (Å²) in [5.41, 5.74) is 1.41. The monoisotopic (exact) mass is 356 g/mol. The molecule has 2 aliphatic rings. The summed E-state index contributed by atoms with van der Waals surface area (Å²) in [6.45, 7) is 2.99. The molecule has 1 aromatic heterocycles. The molecule has 2 aromatic rings. The molecule has 2 amide bonds. The number of anilines is 2. The van der Waals surface area contributed by atoms with Crippen LogP contribution in [0.2, 0.25) is 0 Å². The lowest BCUT2D eigenvalue weighted by Gasteiger charge is -2.34. The van der Waals surface area contributed by atoms with E-state index in [1.165, 1.54) is 0 Å². The molecule has 1 aliphatic carbocycles. The lowest BCUT2D eigenvalue weighted by molar-refractivity contribution is -0.117. The smallest absolute Gasteiger partial charge is 0.253 e. The van der Waals surface area contributed by atoms with Crippen LogP contribution in [0.15, 0.2) is 35.8 Å². The van der Waals surface area contributed by atoms with Crippen molar-refractivity contribution in [1.29, 1.82) is 0 Å². The van der Waals surface area contributed by atoms with E-state index in [1.54, 1.807) is 41.8 Å². The van der Waals surface area contributed by atoms with E-state index in [1.807, 2.05) is 10.3 Å². The Hall–Kier alpha value is -2.41. The molecule has 6 nitrogen and oxygen atoms in total. The Morgan fingerprint density at radius 2 is 1.80 bits per heavy atom. The number of carbonyl (C=O) groups is 2. The van der Waals surface area contributed by atoms with Gasteiger partial charge in [-0.3, -0.25) is 9.59 Å². The van der Waals surface area contributed by atoms with Gasteiger partial charge >= 0.3 is 0 Å². The number of hydrogen-bond donors (Lipinski definition) is 1. The van der Waals surface area contributed by atoms with Crippen molar-refractivity contribution in [2.75, 3.05) is 36.4 Å². The Balaban J connectivity index is 1.34. The first-order valence-electron chi connectivity index (χ1n) is 8.55. The minimum absolute atomic E-state index is 0.0406. The van der Waals surface area contributed by atoms with Gasteiger partial charge in [-0.2, -0.15) is 0 Å². The maximum absolute atomic E-state index is 12.7. The molecule has 1 N–H and O–H groups in total. The van der Waals surface area contributed by atoms with E-state index in [0.29, 0.717) is 18.7 Å². The molecule has 2 heterocycles. The summed E-state index contributed by atoms with van der Waals surface area (Å²) >= 11 is 1.63. The molecule has 2 fully saturated rings. The van der Waals surface area contributed by atoms with E-state index in [0.717, 1.165) is 36.8 Å². The zero-order valence-electron chi connectivity index (χ0n) is 13.9. The average molecular weight is 356 g/mol. The summed E-state index contributed by atoms with van der Waals surface area (Å²) in [7, 11) is 0. The van der Waals surface area contributed by atoms with Crippen LogP contribution < -0.4 is 10.2 Å². The first kappa shape index (κ1) is 16.1. The number of rotatable bonds is 4. The fourth-order valence-electron chi connectivity index (χ4n) is 2.94. The topological polar surface area (TPSA) is 65.5 Å². The van der Waals surface area contributed by atoms with Crippen LogP contribution in [0.1, 0.15) is 23.2 Å². The van der Waals surface area contributed by atoms with E-state index in [2.05, 4.69) is 15.2 Å². The van der Waals surface area contributed by atoms with Crippen LogP contribution in [0.5, 0.6) is 0 Å². The van der Waals surface area contributed by atoms with Crippen LogP contribution in [0.25, 0.3) is 0 Å². The molecule has 1 aromatic carbocycles. The minimum atomic E-state index is 0.0406. The van der Waals surface area contributed by atoms with Gasteiger partial charge in [0.1, 0.15) is 0 Å². The molecule has 1 saturated heterocycles. The van der Waals surface area contributed by atoms with E-state index in [4.69, 9.17) is 0 Å². The quantitative estimate of drug-likeness (QED) is 0.914. The van der Waals surface area contributed by atoms with Crippen molar-refractivity contribution >= 4 is 34.0 Å². The number of hydrogen-bond acceptors (Lipinski definition) is 5. The molecule has 0 unspecified atom stereocenters. The van der Waals surface area contributed by atoms with Crippen LogP contribution in [-0.2, 0) is 4.79 Å². The van der Waals surface area contributed by atoms with E-state index < -0.39 is 0 Å².